The van der Waals surface area contributed by atoms with Crippen molar-refractivity contribution in [2.45, 2.75) is 51.2 Å². The fourth-order valence-corrected chi connectivity index (χ4v) is 2.93. The minimum Gasteiger partial charge on any atom is -0.489 e. The molecule has 4 nitrogen and oxygen atoms in total. The zero-order chi connectivity index (χ0) is 15.3. The van der Waals surface area contributed by atoms with Crippen LogP contribution in [0.4, 0.5) is 0 Å². The predicted molar refractivity (Wildman–Crippen MR) is 91.3 cm³/mol. The van der Waals surface area contributed by atoms with Gasteiger partial charge in [0.1, 0.15) is 11.9 Å². The third kappa shape index (κ3) is 5.18. The van der Waals surface area contributed by atoms with E-state index in [9.17, 15) is 4.79 Å². The number of carbonyl (C=O) groups excluding carboxylic acids is 1. The molecule has 3 N–H and O–H groups in total. The molecule has 3 atom stereocenters. The van der Waals surface area contributed by atoms with Gasteiger partial charge in [0, 0.05) is 5.54 Å². The van der Waals surface area contributed by atoms with Gasteiger partial charge < -0.3 is 15.8 Å². The van der Waals surface area contributed by atoms with Crippen LogP contribution in [0.15, 0.2) is 30.3 Å². The summed E-state index contributed by atoms with van der Waals surface area (Å²) in [5.41, 5.74) is 5.88. The predicted octanol–water partition coefficient (Wildman–Crippen LogP) is 2.90. The Morgan fingerprint density at radius 2 is 2.09 bits per heavy atom. The van der Waals surface area contributed by atoms with Gasteiger partial charge in [-0.05, 0) is 38.8 Å². The molecular formula is C17H27ClN2O2. The lowest BCUT2D eigenvalue weighted by molar-refractivity contribution is -0.128. The second-order valence-corrected chi connectivity index (χ2v) is 6.29. The van der Waals surface area contributed by atoms with E-state index in [1.165, 1.54) is 0 Å². The van der Waals surface area contributed by atoms with Gasteiger partial charge in [-0.3, -0.25) is 4.79 Å². The first-order valence-electron chi connectivity index (χ1n) is 7.77. The smallest absolute Gasteiger partial charge is 0.225 e. The van der Waals surface area contributed by atoms with Crippen molar-refractivity contribution in [1.29, 1.82) is 0 Å². The van der Waals surface area contributed by atoms with Crippen molar-refractivity contribution in [3.63, 3.8) is 0 Å². The Labute approximate surface area is 139 Å². The lowest BCUT2D eigenvalue weighted by atomic mass is 9.74. The Bertz CT molecular complexity index is 465. The summed E-state index contributed by atoms with van der Waals surface area (Å²) in [5, 5.41) is 2.98. The van der Waals surface area contributed by atoms with Crippen LogP contribution in [0.5, 0.6) is 5.75 Å². The molecule has 0 saturated heterocycles. The number of hydrogen-bond acceptors (Lipinski definition) is 3. The van der Waals surface area contributed by atoms with Crippen molar-refractivity contribution in [3.05, 3.63) is 30.3 Å². The summed E-state index contributed by atoms with van der Waals surface area (Å²) in [6.07, 6.45) is 3.93. The van der Waals surface area contributed by atoms with Crippen LogP contribution in [-0.2, 0) is 4.79 Å². The number of ether oxygens (including phenoxy) is 1. The summed E-state index contributed by atoms with van der Waals surface area (Å²) in [4.78, 5) is 12.3. The van der Waals surface area contributed by atoms with Crippen molar-refractivity contribution in [2.24, 2.45) is 11.7 Å². The van der Waals surface area contributed by atoms with Crippen LogP contribution < -0.4 is 15.8 Å². The quantitative estimate of drug-likeness (QED) is 0.874. The molecule has 0 bridgehead atoms. The lowest BCUT2D eigenvalue weighted by Crippen LogP contribution is -2.53. The minimum absolute atomic E-state index is 0. The number of amides is 1. The average Bonchev–Trinajstić information content (AvgIpc) is 2.45. The highest BCUT2D eigenvalue weighted by atomic mass is 35.5. The standard InChI is InChI=1S/C17H26N2O2.ClH/c1-13(21-14-8-4-3-5-9-14)12-19-16(20)15-10-6-7-11-17(15,2)18;/h3-5,8-9,13,15H,6-7,10-12,18H2,1-2H3,(H,19,20);1H. The molecule has 1 aromatic carbocycles. The van der Waals surface area contributed by atoms with Gasteiger partial charge in [-0.2, -0.15) is 0 Å². The Kier molecular flexibility index (Phi) is 7.17. The fraction of sp³-hybridized carbons (Fsp3) is 0.588. The summed E-state index contributed by atoms with van der Waals surface area (Å²) in [6, 6.07) is 9.64. The van der Waals surface area contributed by atoms with Crippen LogP contribution in [-0.4, -0.2) is 24.1 Å². The number of halogens is 1. The molecule has 1 amide bonds. The van der Waals surface area contributed by atoms with Gasteiger partial charge in [0.15, 0.2) is 0 Å². The maximum Gasteiger partial charge on any atom is 0.225 e. The van der Waals surface area contributed by atoms with Crippen molar-refractivity contribution < 1.29 is 9.53 Å². The summed E-state index contributed by atoms with van der Waals surface area (Å²) in [5.74, 6) is 0.791. The number of nitrogens with two attached hydrogens (primary N) is 1. The Morgan fingerprint density at radius 3 is 2.73 bits per heavy atom. The van der Waals surface area contributed by atoms with Crippen molar-refractivity contribution >= 4 is 18.3 Å². The van der Waals surface area contributed by atoms with E-state index in [4.69, 9.17) is 10.5 Å². The van der Waals surface area contributed by atoms with Crippen LogP contribution in [0.25, 0.3) is 0 Å². The van der Waals surface area contributed by atoms with Crippen molar-refractivity contribution in [3.8, 4) is 5.75 Å². The second kappa shape index (κ2) is 8.39. The maximum absolute atomic E-state index is 12.3. The number of carbonyl (C=O) groups is 1. The molecule has 0 aliphatic heterocycles. The van der Waals surface area contributed by atoms with Gasteiger partial charge >= 0.3 is 0 Å². The summed E-state index contributed by atoms with van der Waals surface area (Å²) < 4.78 is 5.76. The topological polar surface area (TPSA) is 64.4 Å². The summed E-state index contributed by atoms with van der Waals surface area (Å²) >= 11 is 0. The number of para-hydroxylation sites is 1. The fourth-order valence-electron chi connectivity index (χ4n) is 2.93. The molecule has 0 heterocycles. The van der Waals surface area contributed by atoms with Crippen LogP contribution in [0.2, 0.25) is 0 Å². The lowest BCUT2D eigenvalue weighted by Gasteiger charge is -2.37. The molecule has 0 spiro atoms. The monoisotopic (exact) mass is 326 g/mol. The van der Waals surface area contributed by atoms with Gasteiger partial charge in [0.2, 0.25) is 5.91 Å². The number of benzene rings is 1. The van der Waals surface area contributed by atoms with E-state index in [0.717, 1.165) is 31.4 Å². The third-order valence-corrected chi connectivity index (χ3v) is 4.22. The molecule has 1 fully saturated rings. The van der Waals surface area contributed by atoms with Gasteiger partial charge in [0.25, 0.3) is 0 Å². The van der Waals surface area contributed by atoms with E-state index < -0.39 is 0 Å². The van der Waals surface area contributed by atoms with Crippen LogP contribution in [0.3, 0.4) is 0 Å². The first-order valence-corrected chi connectivity index (χ1v) is 7.77. The highest BCUT2D eigenvalue weighted by molar-refractivity contribution is 5.85. The molecule has 0 aromatic heterocycles. The molecule has 124 valence electrons. The normalized spacial score (nSPS) is 25.7. The molecule has 5 heteroatoms. The number of rotatable bonds is 5. The molecule has 3 unspecified atom stereocenters. The van der Waals surface area contributed by atoms with Crippen LogP contribution in [0.1, 0.15) is 39.5 Å². The molecule has 1 aliphatic rings. The number of nitrogens with one attached hydrogen (secondary N) is 1. The first-order chi connectivity index (χ1) is 9.99. The Hall–Kier alpha value is -1.26. The molecule has 2 rings (SSSR count). The molecule has 0 radical (unpaired) electrons. The molecule has 1 aliphatic carbocycles. The first kappa shape index (κ1) is 18.8. The summed E-state index contributed by atoms with van der Waals surface area (Å²) in [7, 11) is 0. The SMILES string of the molecule is CC(CNC(=O)C1CCCCC1(C)N)Oc1ccccc1.Cl. The average molecular weight is 327 g/mol. The van der Waals surface area contributed by atoms with Crippen LogP contribution in [0, 0.1) is 5.92 Å². The minimum atomic E-state index is -0.383. The van der Waals surface area contributed by atoms with Gasteiger partial charge in [-0.25, -0.2) is 0 Å². The summed E-state index contributed by atoms with van der Waals surface area (Å²) in [6.45, 7) is 4.44. The highest BCUT2D eigenvalue weighted by Gasteiger charge is 2.37. The zero-order valence-corrected chi connectivity index (χ0v) is 14.2. The Balaban J connectivity index is 0.00000242. The van der Waals surface area contributed by atoms with Crippen LogP contribution >= 0.6 is 12.4 Å². The van der Waals surface area contributed by atoms with Gasteiger partial charge in [-0.1, -0.05) is 31.0 Å². The number of hydrogen-bond donors (Lipinski definition) is 2. The van der Waals surface area contributed by atoms with Gasteiger partial charge in [0.05, 0.1) is 12.5 Å². The largest absolute Gasteiger partial charge is 0.489 e. The van der Waals surface area contributed by atoms with E-state index in [0.29, 0.717) is 6.54 Å². The van der Waals surface area contributed by atoms with E-state index >= 15 is 0 Å². The highest BCUT2D eigenvalue weighted by Crippen LogP contribution is 2.31. The molecular weight excluding hydrogens is 300 g/mol. The van der Waals surface area contributed by atoms with Gasteiger partial charge in [-0.15, -0.1) is 12.4 Å². The molecule has 1 aromatic rings. The van der Waals surface area contributed by atoms with Crippen molar-refractivity contribution in [1.82, 2.24) is 5.32 Å². The molecule has 22 heavy (non-hydrogen) atoms. The maximum atomic E-state index is 12.3. The van der Waals surface area contributed by atoms with E-state index in [1.54, 1.807) is 0 Å². The van der Waals surface area contributed by atoms with E-state index in [-0.39, 0.29) is 35.9 Å². The van der Waals surface area contributed by atoms with Crippen molar-refractivity contribution in [2.75, 3.05) is 6.54 Å². The molecule has 1 saturated carbocycles. The Morgan fingerprint density at radius 1 is 1.41 bits per heavy atom. The van der Waals surface area contributed by atoms with E-state index in [1.807, 2.05) is 44.2 Å². The van der Waals surface area contributed by atoms with E-state index in [2.05, 4.69) is 5.32 Å². The zero-order valence-electron chi connectivity index (χ0n) is 13.4. The third-order valence-electron chi connectivity index (χ3n) is 4.22. The second-order valence-electron chi connectivity index (χ2n) is 6.29.